The lowest BCUT2D eigenvalue weighted by atomic mass is 10.0. The minimum atomic E-state index is -4.47. The van der Waals surface area contributed by atoms with Gasteiger partial charge >= 0.3 is 6.18 Å². The second kappa shape index (κ2) is 5.61. The molecule has 0 amide bonds. The number of aromatic nitrogens is 1. The SMILES string of the molecule is N/C(=N\O)c1cc(-c2cc(C(F)(F)F)ccc2Cl)ccn1. The van der Waals surface area contributed by atoms with E-state index >= 15 is 0 Å². The van der Waals surface area contributed by atoms with Gasteiger partial charge in [0.05, 0.1) is 5.56 Å². The van der Waals surface area contributed by atoms with Crippen LogP contribution in [-0.4, -0.2) is 16.0 Å². The van der Waals surface area contributed by atoms with Crippen molar-refractivity contribution in [2.24, 2.45) is 10.9 Å². The molecule has 0 saturated carbocycles. The van der Waals surface area contributed by atoms with Crippen LogP contribution < -0.4 is 5.73 Å². The summed E-state index contributed by atoms with van der Waals surface area (Å²) in [6, 6.07) is 5.88. The highest BCUT2D eigenvalue weighted by Gasteiger charge is 2.31. The molecule has 1 aromatic carbocycles. The van der Waals surface area contributed by atoms with Gasteiger partial charge in [0.2, 0.25) is 0 Å². The minimum Gasteiger partial charge on any atom is -0.409 e. The summed E-state index contributed by atoms with van der Waals surface area (Å²) in [5, 5.41) is 11.5. The van der Waals surface area contributed by atoms with E-state index < -0.39 is 11.7 Å². The van der Waals surface area contributed by atoms with Gasteiger partial charge in [-0.1, -0.05) is 16.8 Å². The summed E-state index contributed by atoms with van der Waals surface area (Å²) in [5.74, 6) is -0.250. The van der Waals surface area contributed by atoms with E-state index in [2.05, 4.69) is 10.1 Å². The predicted molar refractivity (Wildman–Crippen MR) is 72.2 cm³/mol. The van der Waals surface area contributed by atoms with Crippen LogP contribution in [0.5, 0.6) is 0 Å². The lowest BCUT2D eigenvalue weighted by Gasteiger charge is -2.11. The van der Waals surface area contributed by atoms with Gasteiger partial charge in [0, 0.05) is 16.8 Å². The Bertz CT molecular complexity index is 701. The van der Waals surface area contributed by atoms with Crippen LogP contribution in [0.3, 0.4) is 0 Å². The van der Waals surface area contributed by atoms with Crippen LogP contribution in [0.15, 0.2) is 41.7 Å². The molecule has 3 N–H and O–H groups in total. The molecule has 0 aliphatic heterocycles. The zero-order valence-electron chi connectivity index (χ0n) is 10.4. The quantitative estimate of drug-likeness (QED) is 0.385. The second-order valence-corrected chi connectivity index (χ2v) is 4.51. The van der Waals surface area contributed by atoms with Crippen molar-refractivity contribution in [3.8, 4) is 11.1 Å². The van der Waals surface area contributed by atoms with Crippen LogP contribution in [0.4, 0.5) is 13.2 Å². The highest BCUT2D eigenvalue weighted by atomic mass is 35.5. The number of halogens is 4. The van der Waals surface area contributed by atoms with E-state index in [0.717, 1.165) is 12.1 Å². The number of rotatable bonds is 2. The summed E-state index contributed by atoms with van der Waals surface area (Å²) < 4.78 is 38.2. The lowest BCUT2D eigenvalue weighted by molar-refractivity contribution is -0.137. The van der Waals surface area contributed by atoms with Crippen LogP contribution in [-0.2, 0) is 6.18 Å². The maximum Gasteiger partial charge on any atom is 0.416 e. The van der Waals surface area contributed by atoms with Crippen molar-refractivity contribution in [3.63, 3.8) is 0 Å². The Morgan fingerprint density at radius 2 is 1.95 bits per heavy atom. The average Bonchev–Trinajstić information content (AvgIpc) is 2.45. The largest absolute Gasteiger partial charge is 0.416 e. The smallest absolute Gasteiger partial charge is 0.409 e. The topological polar surface area (TPSA) is 71.5 Å². The molecule has 0 fully saturated rings. The fourth-order valence-electron chi connectivity index (χ4n) is 1.71. The number of amidine groups is 1. The molecule has 4 nitrogen and oxygen atoms in total. The highest BCUT2D eigenvalue weighted by Crippen LogP contribution is 2.35. The first-order chi connectivity index (χ1) is 9.82. The van der Waals surface area contributed by atoms with Crippen LogP contribution in [0, 0.1) is 0 Å². The van der Waals surface area contributed by atoms with E-state index in [1.165, 1.54) is 24.4 Å². The van der Waals surface area contributed by atoms with Gasteiger partial charge in [0.1, 0.15) is 5.69 Å². The molecule has 1 aromatic heterocycles. The Morgan fingerprint density at radius 1 is 1.24 bits per heavy atom. The molecule has 0 radical (unpaired) electrons. The predicted octanol–water partition coefficient (Wildman–Crippen LogP) is 3.52. The van der Waals surface area contributed by atoms with E-state index in [0.29, 0.717) is 5.56 Å². The first-order valence-electron chi connectivity index (χ1n) is 5.64. The molecule has 0 atom stereocenters. The number of hydrogen-bond donors (Lipinski definition) is 2. The summed E-state index contributed by atoms with van der Waals surface area (Å²) in [6.45, 7) is 0. The molecule has 21 heavy (non-hydrogen) atoms. The summed E-state index contributed by atoms with van der Waals surface area (Å²) >= 11 is 5.95. The number of pyridine rings is 1. The van der Waals surface area contributed by atoms with Crippen molar-refractivity contribution >= 4 is 17.4 Å². The number of nitrogens with zero attached hydrogens (tertiary/aromatic N) is 2. The zero-order chi connectivity index (χ0) is 15.6. The van der Waals surface area contributed by atoms with Crippen molar-refractivity contribution in [3.05, 3.63) is 52.8 Å². The third-order valence-corrected chi connectivity index (χ3v) is 3.06. The molecule has 110 valence electrons. The third-order valence-electron chi connectivity index (χ3n) is 2.73. The normalized spacial score (nSPS) is 12.5. The molecule has 2 aromatic rings. The number of oxime groups is 1. The van der Waals surface area contributed by atoms with Crippen LogP contribution >= 0.6 is 11.6 Å². The maximum atomic E-state index is 12.7. The van der Waals surface area contributed by atoms with Crippen molar-refractivity contribution in [2.75, 3.05) is 0 Å². The Balaban J connectivity index is 2.56. The van der Waals surface area contributed by atoms with E-state index in [-0.39, 0.29) is 22.1 Å². The molecule has 0 aliphatic rings. The number of nitrogens with two attached hydrogens (primary N) is 1. The Morgan fingerprint density at radius 3 is 2.57 bits per heavy atom. The van der Waals surface area contributed by atoms with Gasteiger partial charge in [-0.05, 0) is 35.9 Å². The fraction of sp³-hybridized carbons (Fsp3) is 0.0769. The van der Waals surface area contributed by atoms with Crippen LogP contribution in [0.25, 0.3) is 11.1 Å². The molecule has 0 bridgehead atoms. The van der Waals surface area contributed by atoms with Gasteiger partial charge in [0.25, 0.3) is 0 Å². The van der Waals surface area contributed by atoms with E-state index in [4.69, 9.17) is 22.5 Å². The molecule has 1 heterocycles. The van der Waals surface area contributed by atoms with Gasteiger partial charge in [-0.2, -0.15) is 13.2 Å². The maximum absolute atomic E-state index is 12.7. The molecule has 0 aliphatic carbocycles. The Hall–Kier alpha value is -2.28. The highest BCUT2D eigenvalue weighted by molar-refractivity contribution is 6.33. The van der Waals surface area contributed by atoms with E-state index in [1.54, 1.807) is 0 Å². The van der Waals surface area contributed by atoms with Crippen molar-refractivity contribution in [1.82, 2.24) is 4.98 Å². The molecule has 0 unspecified atom stereocenters. The fourth-order valence-corrected chi connectivity index (χ4v) is 1.94. The number of alkyl halides is 3. The minimum absolute atomic E-state index is 0.128. The van der Waals surface area contributed by atoms with Gasteiger partial charge in [-0.15, -0.1) is 0 Å². The Labute approximate surface area is 122 Å². The van der Waals surface area contributed by atoms with Crippen LogP contribution in [0.1, 0.15) is 11.3 Å². The Kier molecular flexibility index (Phi) is 4.04. The lowest BCUT2D eigenvalue weighted by Crippen LogP contribution is -2.14. The average molecular weight is 316 g/mol. The molecule has 0 spiro atoms. The second-order valence-electron chi connectivity index (χ2n) is 4.11. The standard InChI is InChI=1S/C13H9ClF3N3O/c14-10-2-1-8(13(15,16)17)6-9(10)7-3-4-19-11(5-7)12(18)20-21/h1-6,21H,(H2,18,20). The molecular weight excluding hydrogens is 307 g/mol. The summed E-state index contributed by atoms with van der Waals surface area (Å²) in [4.78, 5) is 3.86. The molecule has 0 saturated heterocycles. The van der Waals surface area contributed by atoms with Gasteiger partial charge in [-0.3, -0.25) is 4.98 Å². The van der Waals surface area contributed by atoms with E-state index in [9.17, 15) is 13.2 Å². The van der Waals surface area contributed by atoms with E-state index in [1.807, 2.05) is 0 Å². The first-order valence-corrected chi connectivity index (χ1v) is 6.02. The van der Waals surface area contributed by atoms with Crippen molar-refractivity contribution in [1.29, 1.82) is 0 Å². The summed E-state index contributed by atoms with van der Waals surface area (Å²) in [6.07, 6.45) is -3.14. The zero-order valence-corrected chi connectivity index (χ0v) is 11.2. The van der Waals surface area contributed by atoms with Gasteiger partial charge < -0.3 is 10.9 Å². The third kappa shape index (κ3) is 3.25. The number of benzene rings is 1. The van der Waals surface area contributed by atoms with Gasteiger partial charge in [-0.25, -0.2) is 0 Å². The monoisotopic (exact) mass is 315 g/mol. The van der Waals surface area contributed by atoms with Crippen molar-refractivity contribution in [2.45, 2.75) is 6.18 Å². The van der Waals surface area contributed by atoms with Gasteiger partial charge in [0.15, 0.2) is 5.84 Å². The molecular formula is C13H9ClF3N3O. The molecule has 2 rings (SSSR count). The first kappa shape index (κ1) is 15.1. The molecule has 8 heteroatoms. The summed E-state index contributed by atoms with van der Waals surface area (Å²) in [5.41, 5.74) is 5.27. The number of hydrogen-bond acceptors (Lipinski definition) is 3. The summed E-state index contributed by atoms with van der Waals surface area (Å²) in [7, 11) is 0. The van der Waals surface area contributed by atoms with Crippen molar-refractivity contribution < 1.29 is 18.4 Å². The van der Waals surface area contributed by atoms with Crippen LogP contribution in [0.2, 0.25) is 5.02 Å².